The van der Waals surface area contributed by atoms with Crippen molar-refractivity contribution in [2.75, 3.05) is 50.8 Å². The minimum absolute atomic E-state index is 0.00451. The third kappa shape index (κ3) is 5.26. The lowest BCUT2D eigenvalue weighted by Crippen LogP contribution is -2.53. The minimum atomic E-state index is 0.00451. The van der Waals surface area contributed by atoms with Crippen LogP contribution in [0.2, 0.25) is 0 Å². The summed E-state index contributed by atoms with van der Waals surface area (Å²) in [7, 11) is 0. The predicted molar refractivity (Wildman–Crippen MR) is 141 cm³/mol. The summed E-state index contributed by atoms with van der Waals surface area (Å²) in [5, 5.41) is 3.40. The van der Waals surface area contributed by atoms with Crippen LogP contribution in [-0.4, -0.2) is 84.2 Å². The van der Waals surface area contributed by atoms with E-state index in [0.717, 1.165) is 100 Å². The van der Waals surface area contributed by atoms with Crippen molar-refractivity contribution < 1.29 is 9.47 Å². The summed E-state index contributed by atoms with van der Waals surface area (Å²) in [4.78, 5) is 19.0. The van der Waals surface area contributed by atoms with Crippen molar-refractivity contribution in [1.82, 2.24) is 20.2 Å². The lowest BCUT2D eigenvalue weighted by molar-refractivity contribution is 0.0136. The molecule has 6 rings (SSSR count). The molecule has 1 saturated carbocycles. The molecule has 8 heteroatoms. The molecule has 0 spiro atoms. The largest absolute Gasteiger partial charge is 0.488 e. The number of nitrogens with one attached hydrogen (secondary N) is 1. The van der Waals surface area contributed by atoms with E-state index in [-0.39, 0.29) is 5.60 Å². The maximum absolute atomic E-state index is 6.21. The van der Waals surface area contributed by atoms with Crippen LogP contribution in [0.5, 0.6) is 5.75 Å². The van der Waals surface area contributed by atoms with Crippen LogP contribution in [-0.2, 0) is 11.3 Å². The summed E-state index contributed by atoms with van der Waals surface area (Å²) in [6, 6.07) is 8.91. The van der Waals surface area contributed by atoms with Gasteiger partial charge in [-0.15, -0.1) is 0 Å². The van der Waals surface area contributed by atoms with Crippen LogP contribution in [0.4, 0.5) is 5.82 Å². The van der Waals surface area contributed by atoms with Crippen LogP contribution in [0.3, 0.4) is 0 Å². The predicted octanol–water partition coefficient (Wildman–Crippen LogP) is 3.04. The zero-order valence-corrected chi connectivity index (χ0v) is 21.6. The molecule has 0 unspecified atom stereocenters. The van der Waals surface area contributed by atoms with Gasteiger partial charge in [-0.25, -0.2) is 9.97 Å². The van der Waals surface area contributed by atoms with Crippen LogP contribution >= 0.6 is 0 Å². The van der Waals surface area contributed by atoms with E-state index in [4.69, 9.17) is 14.5 Å². The highest BCUT2D eigenvalue weighted by molar-refractivity contribution is 6.14. The van der Waals surface area contributed by atoms with Gasteiger partial charge < -0.3 is 19.7 Å². The number of hydrogen-bond donors (Lipinski definition) is 1. The smallest absolute Gasteiger partial charge is 0.132 e. The minimum Gasteiger partial charge on any atom is -0.488 e. The van der Waals surface area contributed by atoms with E-state index < -0.39 is 0 Å². The molecule has 1 N–H and O–H groups in total. The number of benzene rings is 1. The van der Waals surface area contributed by atoms with E-state index in [2.05, 4.69) is 63.2 Å². The van der Waals surface area contributed by atoms with Gasteiger partial charge in [0.05, 0.1) is 30.7 Å². The lowest BCUT2D eigenvalue weighted by Gasteiger charge is -2.40. The van der Waals surface area contributed by atoms with Gasteiger partial charge in [-0.2, -0.15) is 0 Å². The van der Waals surface area contributed by atoms with E-state index in [9.17, 15) is 0 Å². The van der Waals surface area contributed by atoms with E-state index in [1.54, 1.807) is 6.33 Å². The molecule has 3 aliphatic heterocycles. The van der Waals surface area contributed by atoms with Crippen LogP contribution in [0.25, 0.3) is 0 Å². The van der Waals surface area contributed by atoms with Crippen LogP contribution in [0.15, 0.2) is 35.6 Å². The Bertz CT molecular complexity index is 1110. The van der Waals surface area contributed by atoms with Crippen molar-refractivity contribution in [2.24, 2.45) is 4.99 Å². The molecule has 1 aromatic heterocycles. The number of ether oxygens (including phenoxy) is 2. The summed E-state index contributed by atoms with van der Waals surface area (Å²) in [6.07, 6.45) is 6.60. The van der Waals surface area contributed by atoms with Gasteiger partial charge in [0.25, 0.3) is 0 Å². The summed E-state index contributed by atoms with van der Waals surface area (Å²) in [5.74, 6) is 1.90. The molecule has 0 bridgehead atoms. The number of aliphatic imine (C=N–C) groups is 1. The van der Waals surface area contributed by atoms with Gasteiger partial charge in [-0.3, -0.25) is 9.89 Å². The average Bonchev–Trinajstić information content (AvgIpc) is 3.47. The quantitative estimate of drug-likeness (QED) is 0.610. The van der Waals surface area contributed by atoms with Crippen LogP contribution in [0.1, 0.15) is 56.4 Å². The first-order valence-electron chi connectivity index (χ1n) is 13.6. The number of piperazine rings is 1. The summed E-state index contributed by atoms with van der Waals surface area (Å²) in [6.45, 7) is 12.0. The SMILES string of the molecule is C[C@H]1CN(c2cc(C3=NCc4ccc(OC5(C)CC5)cc43)ncn2)CCN1CCOC1CCNCC1. The molecule has 192 valence electrons. The molecular formula is C28H38N6O2. The van der Waals surface area contributed by atoms with Gasteiger partial charge in [-0.1, -0.05) is 6.07 Å². The molecule has 4 heterocycles. The molecule has 36 heavy (non-hydrogen) atoms. The zero-order chi connectivity index (χ0) is 24.5. The highest BCUT2D eigenvalue weighted by Crippen LogP contribution is 2.40. The third-order valence-corrected chi connectivity index (χ3v) is 8.06. The standard InChI is InChI=1S/C28H38N6O2/c1-20-18-34(12-11-33(20)13-14-35-22-5-9-29-10-6-22)26-16-25(31-19-32-26)27-24-15-23(36-28(2)7-8-28)4-3-21(24)17-30-27/h3-4,15-16,19-20,22,29H,5-14,17-18H2,1-2H3/t20-/m0/s1. The van der Waals surface area contributed by atoms with Crippen molar-refractivity contribution in [2.45, 2.75) is 63.8 Å². The number of anilines is 1. The first-order chi connectivity index (χ1) is 17.6. The summed E-state index contributed by atoms with van der Waals surface area (Å²) >= 11 is 0. The molecule has 1 atom stereocenters. The lowest BCUT2D eigenvalue weighted by atomic mass is 10.0. The fourth-order valence-electron chi connectivity index (χ4n) is 5.49. The maximum Gasteiger partial charge on any atom is 0.132 e. The van der Waals surface area contributed by atoms with E-state index in [0.29, 0.717) is 18.7 Å². The number of aromatic nitrogens is 2. The molecule has 0 amide bonds. The fourth-order valence-corrected chi connectivity index (χ4v) is 5.49. The number of piperidine rings is 1. The van der Waals surface area contributed by atoms with Gasteiger partial charge in [0.1, 0.15) is 23.5 Å². The Hall–Kier alpha value is -2.55. The molecular weight excluding hydrogens is 452 g/mol. The Kier molecular flexibility index (Phi) is 6.67. The number of nitrogens with zero attached hydrogens (tertiary/aromatic N) is 5. The van der Waals surface area contributed by atoms with Crippen molar-refractivity contribution in [3.63, 3.8) is 0 Å². The molecule has 4 aliphatic rings. The third-order valence-electron chi connectivity index (χ3n) is 8.06. The first-order valence-corrected chi connectivity index (χ1v) is 13.6. The average molecular weight is 491 g/mol. The normalized spacial score (nSPS) is 23.9. The molecule has 1 aliphatic carbocycles. The van der Waals surface area contributed by atoms with Crippen molar-refractivity contribution in [3.05, 3.63) is 47.4 Å². The Morgan fingerprint density at radius 2 is 1.97 bits per heavy atom. The van der Waals surface area contributed by atoms with Gasteiger partial charge >= 0.3 is 0 Å². The molecule has 3 fully saturated rings. The zero-order valence-electron chi connectivity index (χ0n) is 21.6. The highest BCUT2D eigenvalue weighted by Gasteiger charge is 2.40. The monoisotopic (exact) mass is 490 g/mol. The van der Waals surface area contributed by atoms with Gasteiger partial charge in [-0.05, 0) is 70.3 Å². The van der Waals surface area contributed by atoms with E-state index in [1.165, 1.54) is 5.56 Å². The summed E-state index contributed by atoms with van der Waals surface area (Å²) in [5.41, 5.74) is 4.20. The van der Waals surface area contributed by atoms with Crippen molar-refractivity contribution in [1.29, 1.82) is 0 Å². The van der Waals surface area contributed by atoms with E-state index >= 15 is 0 Å². The molecule has 2 saturated heterocycles. The maximum atomic E-state index is 6.21. The Labute approximate surface area is 214 Å². The number of rotatable bonds is 8. The molecule has 2 aromatic rings. The van der Waals surface area contributed by atoms with Crippen molar-refractivity contribution in [3.8, 4) is 5.75 Å². The summed E-state index contributed by atoms with van der Waals surface area (Å²) < 4.78 is 12.4. The van der Waals surface area contributed by atoms with Gasteiger partial charge in [0.2, 0.25) is 0 Å². The molecule has 0 radical (unpaired) electrons. The number of fused-ring (bicyclic) bond motifs is 1. The van der Waals surface area contributed by atoms with Crippen LogP contribution < -0.4 is 15.0 Å². The van der Waals surface area contributed by atoms with Crippen LogP contribution in [0, 0.1) is 0 Å². The van der Waals surface area contributed by atoms with Gasteiger partial charge in [0, 0.05) is 43.9 Å². The fraction of sp³-hybridized carbons (Fsp3) is 0.607. The second-order valence-corrected chi connectivity index (χ2v) is 10.9. The number of hydrogen-bond acceptors (Lipinski definition) is 8. The van der Waals surface area contributed by atoms with Gasteiger partial charge in [0.15, 0.2) is 0 Å². The first kappa shape index (κ1) is 23.8. The second kappa shape index (κ2) is 10.1. The second-order valence-electron chi connectivity index (χ2n) is 10.9. The Morgan fingerprint density at radius 3 is 2.78 bits per heavy atom. The Morgan fingerprint density at radius 1 is 1.11 bits per heavy atom. The van der Waals surface area contributed by atoms with Crippen molar-refractivity contribution >= 4 is 11.5 Å². The molecule has 1 aromatic carbocycles. The molecule has 8 nitrogen and oxygen atoms in total. The topological polar surface area (TPSA) is 75.1 Å². The van der Waals surface area contributed by atoms with E-state index in [1.807, 2.05) is 0 Å². The highest BCUT2D eigenvalue weighted by atomic mass is 16.5. The Balaban J connectivity index is 1.08.